The van der Waals surface area contributed by atoms with Gasteiger partial charge in [0.2, 0.25) is 0 Å². The second kappa shape index (κ2) is 3.94. The van der Waals surface area contributed by atoms with Crippen LogP contribution in [-0.2, 0) is 0 Å². The molecule has 0 aromatic rings. The monoisotopic (exact) mass is 179 g/mol. The van der Waals surface area contributed by atoms with Gasteiger partial charge in [0, 0.05) is 12.6 Å². The van der Waals surface area contributed by atoms with Crippen LogP contribution in [0.5, 0.6) is 0 Å². The van der Waals surface area contributed by atoms with Crippen LogP contribution in [0.2, 0.25) is 0 Å². The third kappa shape index (κ3) is 3.76. The van der Waals surface area contributed by atoms with Gasteiger partial charge in [0.05, 0.1) is 6.42 Å². The summed E-state index contributed by atoms with van der Waals surface area (Å²) in [5.41, 5.74) is 0. The quantitative estimate of drug-likeness (QED) is 0.655. The summed E-state index contributed by atoms with van der Waals surface area (Å²) in [5, 5.41) is 2.86. The van der Waals surface area contributed by atoms with Crippen molar-refractivity contribution in [3.8, 4) is 0 Å². The van der Waals surface area contributed by atoms with Gasteiger partial charge in [-0.05, 0) is 12.8 Å². The molecule has 0 aromatic carbocycles. The minimum absolute atomic E-state index is 0.0375. The second-order valence-corrected chi connectivity index (χ2v) is 2.96. The fraction of sp³-hybridized carbons (Fsp3) is 0.750. The highest BCUT2D eigenvalue weighted by Gasteiger charge is 2.26. The molecule has 4 heteroatoms. The molecule has 70 valence electrons. The maximum atomic E-state index is 11.7. The number of nitrogens with one attached hydrogen (secondary N) is 1. The zero-order valence-corrected chi connectivity index (χ0v) is 6.69. The summed E-state index contributed by atoms with van der Waals surface area (Å²) in [7, 11) is 0. The Morgan fingerprint density at radius 1 is 1.25 bits per heavy atom. The van der Waals surface area contributed by atoms with Crippen molar-refractivity contribution in [2.24, 2.45) is 0 Å². The summed E-state index contributed by atoms with van der Waals surface area (Å²) in [6.45, 7) is 0.0375. The highest BCUT2D eigenvalue weighted by atomic mass is 19.4. The second-order valence-electron chi connectivity index (χ2n) is 2.96. The lowest BCUT2D eigenvalue weighted by molar-refractivity contribution is -0.133. The van der Waals surface area contributed by atoms with Crippen molar-refractivity contribution in [2.75, 3.05) is 6.54 Å². The summed E-state index contributed by atoms with van der Waals surface area (Å²) >= 11 is 0. The van der Waals surface area contributed by atoms with Crippen LogP contribution in [0, 0.1) is 0 Å². The highest BCUT2D eigenvalue weighted by molar-refractivity contribution is 4.97. The Morgan fingerprint density at radius 2 is 1.83 bits per heavy atom. The van der Waals surface area contributed by atoms with Gasteiger partial charge in [0.25, 0.3) is 0 Å². The van der Waals surface area contributed by atoms with Crippen LogP contribution in [0.3, 0.4) is 0 Å². The van der Waals surface area contributed by atoms with Gasteiger partial charge in [-0.2, -0.15) is 13.2 Å². The number of hydrogen-bond acceptors (Lipinski definition) is 1. The van der Waals surface area contributed by atoms with Gasteiger partial charge in [0.1, 0.15) is 0 Å². The van der Waals surface area contributed by atoms with Crippen LogP contribution in [-0.4, -0.2) is 18.8 Å². The van der Waals surface area contributed by atoms with E-state index in [1.54, 1.807) is 0 Å². The maximum absolute atomic E-state index is 11.7. The van der Waals surface area contributed by atoms with Gasteiger partial charge in [0.15, 0.2) is 0 Å². The zero-order valence-electron chi connectivity index (χ0n) is 6.69. The molecule has 0 radical (unpaired) electrons. The number of hydrogen-bond donors (Lipinski definition) is 1. The molecule has 0 fully saturated rings. The zero-order chi connectivity index (χ0) is 9.03. The van der Waals surface area contributed by atoms with Crippen molar-refractivity contribution in [1.29, 1.82) is 0 Å². The Hall–Kier alpha value is -0.510. The molecule has 0 heterocycles. The Labute approximate surface area is 69.6 Å². The van der Waals surface area contributed by atoms with E-state index in [1.807, 2.05) is 12.2 Å². The minimum Gasteiger partial charge on any atom is -0.313 e. The lowest BCUT2D eigenvalue weighted by Gasteiger charge is -2.12. The van der Waals surface area contributed by atoms with E-state index in [9.17, 15) is 13.2 Å². The first-order valence-electron chi connectivity index (χ1n) is 4.03. The lowest BCUT2D eigenvalue weighted by Crippen LogP contribution is -2.30. The van der Waals surface area contributed by atoms with E-state index in [2.05, 4.69) is 5.32 Å². The van der Waals surface area contributed by atoms with Crippen molar-refractivity contribution in [2.45, 2.75) is 31.5 Å². The average Bonchev–Trinajstić information content (AvgIpc) is 2.36. The fourth-order valence-corrected chi connectivity index (χ4v) is 1.20. The van der Waals surface area contributed by atoms with Crippen LogP contribution < -0.4 is 5.32 Å². The van der Waals surface area contributed by atoms with Crippen molar-refractivity contribution in [1.82, 2.24) is 5.32 Å². The number of alkyl halides is 3. The molecule has 1 aliphatic rings. The number of rotatable bonds is 3. The van der Waals surface area contributed by atoms with Crippen molar-refractivity contribution in [3.05, 3.63) is 12.2 Å². The summed E-state index contributed by atoms with van der Waals surface area (Å²) in [6.07, 6.45) is 0.939. The standard InChI is InChI=1S/C8H12F3N/c9-8(10,11)5-6-12-7-3-1-2-4-7/h1-2,7,12H,3-6H2. The van der Waals surface area contributed by atoms with Gasteiger partial charge >= 0.3 is 6.18 Å². The van der Waals surface area contributed by atoms with Crippen LogP contribution in [0.15, 0.2) is 12.2 Å². The third-order valence-corrected chi connectivity index (χ3v) is 1.85. The van der Waals surface area contributed by atoms with Gasteiger partial charge in [-0.1, -0.05) is 12.2 Å². The largest absolute Gasteiger partial charge is 0.390 e. The first kappa shape index (κ1) is 9.58. The number of halogens is 3. The van der Waals surface area contributed by atoms with E-state index in [4.69, 9.17) is 0 Å². The SMILES string of the molecule is FC(F)(F)CCNC1CC=CC1. The van der Waals surface area contributed by atoms with Crippen LogP contribution >= 0.6 is 0 Å². The molecular formula is C8H12F3N. The maximum Gasteiger partial charge on any atom is 0.390 e. The Bertz CT molecular complexity index is 154. The van der Waals surface area contributed by atoms with E-state index < -0.39 is 12.6 Å². The topological polar surface area (TPSA) is 12.0 Å². The van der Waals surface area contributed by atoms with E-state index in [1.165, 1.54) is 0 Å². The molecule has 0 aliphatic heterocycles. The van der Waals surface area contributed by atoms with Gasteiger partial charge in [-0.15, -0.1) is 0 Å². The molecule has 0 aromatic heterocycles. The Kier molecular flexibility index (Phi) is 3.14. The van der Waals surface area contributed by atoms with Gasteiger partial charge in [-0.25, -0.2) is 0 Å². The van der Waals surface area contributed by atoms with Crippen molar-refractivity contribution >= 4 is 0 Å². The molecule has 1 nitrogen and oxygen atoms in total. The van der Waals surface area contributed by atoms with E-state index in [-0.39, 0.29) is 12.6 Å². The molecule has 1 rings (SSSR count). The van der Waals surface area contributed by atoms with Crippen molar-refractivity contribution < 1.29 is 13.2 Å². The van der Waals surface area contributed by atoms with E-state index in [0.717, 1.165) is 12.8 Å². The van der Waals surface area contributed by atoms with Gasteiger partial charge < -0.3 is 5.32 Å². The van der Waals surface area contributed by atoms with Crippen LogP contribution in [0.25, 0.3) is 0 Å². The third-order valence-electron chi connectivity index (χ3n) is 1.85. The van der Waals surface area contributed by atoms with Crippen LogP contribution in [0.1, 0.15) is 19.3 Å². The summed E-state index contributed by atoms with van der Waals surface area (Å²) < 4.78 is 35.0. The predicted octanol–water partition coefficient (Wildman–Crippen LogP) is 2.25. The summed E-state index contributed by atoms with van der Waals surface area (Å²) in [4.78, 5) is 0. The Morgan fingerprint density at radius 3 is 2.33 bits per heavy atom. The molecule has 12 heavy (non-hydrogen) atoms. The normalized spacial score (nSPS) is 18.9. The molecule has 0 amide bonds. The molecule has 1 aliphatic carbocycles. The molecule has 0 bridgehead atoms. The molecule has 0 saturated heterocycles. The highest BCUT2D eigenvalue weighted by Crippen LogP contribution is 2.19. The molecule has 0 unspecified atom stereocenters. The predicted molar refractivity (Wildman–Crippen MR) is 40.8 cm³/mol. The smallest absolute Gasteiger partial charge is 0.313 e. The Balaban J connectivity index is 2.03. The van der Waals surface area contributed by atoms with E-state index >= 15 is 0 Å². The van der Waals surface area contributed by atoms with Crippen LogP contribution in [0.4, 0.5) is 13.2 Å². The summed E-state index contributed by atoms with van der Waals surface area (Å²) in [5.74, 6) is 0. The van der Waals surface area contributed by atoms with Gasteiger partial charge in [-0.3, -0.25) is 0 Å². The summed E-state index contributed by atoms with van der Waals surface area (Å²) in [6, 6.07) is 0.229. The lowest BCUT2D eigenvalue weighted by atomic mass is 10.2. The fourth-order valence-electron chi connectivity index (χ4n) is 1.20. The van der Waals surface area contributed by atoms with E-state index in [0.29, 0.717) is 0 Å². The molecule has 0 saturated carbocycles. The molecule has 1 N–H and O–H groups in total. The molecular weight excluding hydrogens is 167 g/mol. The van der Waals surface area contributed by atoms with Crippen molar-refractivity contribution in [3.63, 3.8) is 0 Å². The first-order valence-corrected chi connectivity index (χ1v) is 4.03. The molecule has 0 atom stereocenters. The first-order chi connectivity index (χ1) is 5.58. The average molecular weight is 179 g/mol. The minimum atomic E-state index is -4.03. The molecule has 0 spiro atoms.